The highest BCUT2D eigenvalue weighted by molar-refractivity contribution is 8.01. The minimum Gasteiger partial charge on any atom is -0.395 e. The Labute approximate surface area is 169 Å². The molecule has 0 aliphatic heterocycles. The van der Waals surface area contributed by atoms with E-state index in [4.69, 9.17) is 15.8 Å². The Morgan fingerprint density at radius 1 is 1.21 bits per heavy atom. The molecule has 148 valence electrons. The number of amidine groups is 1. The van der Waals surface area contributed by atoms with Crippen molar-refractivity contribution >= 4 is 23.3 Å². The van der Waals surface area contributed by atoms with Crippen molar-refractivity contribution in [2.24, 2.45) is 10.7 Å². The number of nitrogens with one attached hydrogen (secondary N) is 1. The van der Waals surface area contributed by atoms with Gasteiger partial charge in [0.25, 0.3) is 0 Å². The molecule has 1 aliphatic rings. The molecule has 0 atom stereocenters. The Hall–Kier alpha value is -2.31. The van der Waals surface area contributed by atoms with Gasteiger partial charge in [0.1, 0.15) is 11.7 Å². The zero-order valence-electron chi connectivity index (χ0n) is 16.0. The van der Waals surface area contributed by atoms with Crippen LogP contribution in [0.15, 0.2) is 70.2 Å². The van der Waals surface area contributed by atoms with E-state index in [1.54, 1.807) is 11.8 Å². The van der Waals surface area contributed by atoms with Crippen LogP contribution in [0.1, 0.15) is 31.7 Å². The van der Waals surface area contributed by atoms with Gasteiger partial charge in [-0.1, -0.05) is 13.0 Å². The zero-order valence-corrected chi connectivity index (χ0v) is 16.8. The maximum Gasteiger partial charge on any atom is 0.130 e. The van der Waals surface area contributed by atoms with Gasteiger partial charge in [0.15, 0.2) is 0 Å². The Kier molecular flexibility index (Phi) is 6.75. The summed E-state index contributed by atoms with van der Waals surface area (Å²) < 4.78 is 13.1. The molecule has 2 aromatic carbocycles. The summed E-state index contributed by atoms with van der Waals surface area (Å²) in [7, 11) is 0. The van der Waals surface area contributed by atoms with E-state index < -0.39 is 0 Å². The van der Waals surface area contributed by atoms with Gasteiger partial charge in [0, 0.05) is 22.7 Å². The third-order valence-electron chi connectivity index (χ3n) is 4.56. The van der Waals surface area contributed by atoms with Crippen molar-refractivity contribution in [1.82, 2.24) is 0 Å². The molecule has 0 heterocycles. The number of benzene rings is 2. The normalized spacial score (nSPS) is 16.1. The number of nitrogens with two attached hydrogens (primary N) is 1. The predicted molar refractivity (Wildman–Crippen MR) is 115 cm³/mol. The SMILES string of the molecule is CC/C=C(\N=C(N)c1ccc(NCCO)cc1)C1(Sc2ccc(F)cc2)CC1. The molecule has 0 amide bonds. The highest BCUT2D eigenvalue weighted by atomic mass is 32.2. The number of hydrogen-bond donors (Lipinski definition) is 3. The molecule has 6 heteroatoms. The fraction of sp³-hybridized carbons (Fsp3) is 0.318. The van der Waals surface area contributed by atoms with Crippen LogP contribution >= 0.6 is 11.8 Å². The molecule has 4 N–H and O–H groups in total. The Morgan fingerprint density at radius 2 is 1.89 bits per heavy atom. The monoisotopic (exact) mass is 399 g/mol. The van der Waals surface area contributed by atoms with Gasteiger partial charge in [-0.05, 0) is 67.8 Å². The van der Waals surface area contributed by atoms with Gasteiger partial charge in [-0.2, -0.15) is 0 Å². The summed E-state index contributed by atoms with van der Waals surface area (Å²) in [5.41, 5.74) is 9.09. The molecule has 0 radical (unpaired) electrons. The van der Waals surface area contributed by atoms with Crippen LogP contribution in [0.25, 0.3) is 0 Å². The van der Waals surface area contributed by atoms with Gasteiger partial charge >= 0.3 is 0 Å². The zero-order chi connectivity index (χ0) is 20.0. The molecular formula is C22H26FN3OS. The number of aliphatic hydroxyl groups is 1. The minimum atomic E-state index is -0.224. The first-order valence-electron chi connectivity index (χ1n) is 9.51. The fourth-order valence-electron chi connectivity index (χ4n) is 2.93. The summed E-state index contributed by atoms with van der Waals surface area (Å²) in [4.78, 5) is 5.81. The second-order valence-electron chi connectivity index (χ2n) is 6.77. The van der Waals surface area contributed by atoms with Crippen LogP contribution in [-0.2, 0) is 0 Å². The summed E-state index contributed by atoms with van der Waals surface area (Å²) in [6, 6.07) is 14.3. The van der Waals surface area contributed by atoms with E-state index >= 15 is 0 Å². The van der Waals surface area contributed by atoms with Crippen molar-refractivity contribution < 1.29 is 9.50 Å². The lowest BCUT2D eigenvalue weighted by atomic mass is 10.1. The summed E-state index contributed by atoms with van der Waals surface area (Å²) in [6.07, 6.45) is 5.07. The molecule has 0 bridgehead atoms. The van der Waals surface area contributed by atoms with Gasteiger partial charge in [-0.15, -0.1) is 11.8 Å². The topological polar surface area (TPSA) is 70.6 Å². The highest BCUT2D eigenvalue weighted by Crippen LogP contribution is 2.57. The third-order valence-corrected chi connectivity index (χ3v) is 6.07. The van der Waals surface area contributed by atoms with Crippen molar-refractivity contribution in [3.05, 3.63) is 71.7 Å². The number of halogens is 1. The van der Waals surface area contributed by atoms with Crippen molar-refractivity contribution in [3.63, 3.8) is 0 Å². The molecule has 0 aromatic heterocycles. The van der Waals surface area contributed by atoms with E-state index in [0.29, 0.717) is 12.4 Å². The van der Waals surface area contributed by atoms with Crippen LogP contribution in [0.4, 0.5) is 10.1 Å². The van der Waals surface area contributed by atoms with Gasteiger partial charge in [0.2, 0.25) is 0 Å². The number of rotatable bonds is 9. The van der Waals surface area contributed by atoms with E-state index in [-0.39, 0.29) is 17.2 Å². The first kappa shape index (κ1) is 20.4. The number of hydrogen-bond acceptors (Lipinski definition) is 4. The summed E-state index contributed by atoms with van der Waals surface area (Å²) in [6.45, 7) is 2.69. The maximum atomic E-state index is 13.2. The number of allylic oxidation sites excluding steroid dienone is 1. The van der Waals surface area contributed by atoms with Gasteiger partial charge < -0.3 is 16.2 Å². The van der Waals surface area contributed by atoms with E-state index in [2.05, 4.69) is 18.3 Å². The highest BCUT2D eigenvalue weighted by Gasteiger charge is 2.47. The molecule has 28 heavy (non-hydrogen) atoms. The molecule has 0 spiro atoms. The summed E-state index contributed by atoms with van der Waals surface area (Å²) in [5, 5.41) is 12.0. The van der Waals surface area contributed by atoms with Crippen LogP contribution in [0.5, 0.6) is 0 Å². The first-order chi connectivity index (χ1) is 13.6. The van der Waals surface area contributed by atoms with E-state index in [1.165, 1.54) is 12.1 Å². The lowest BCUT2D eigenvalue weighted by Crippen LogP contribution is -2.17. The van der Waals surface area contributed by atoms with Crippen LogP contribution in [0.2, 0.25) is 0 Å². The molecule has 1 fully saturated rings. The average molecular weight is 400 g/mol. The molecule has 4 nitrogen and oxygen atoms in total. The molecule has 3 rings (SSSR count). The van der Waals surface area contributed by atoms with Crippen molar-refractivity contribution in [3.8, 4) is 0 Å². The van der Waals surface area contributed by atoms with E-state index in [9.17, 15) is 4.39 Å². The van der Waals surface area contributed by atoms with E-state index in [0.717, 1.165) is 41.1 Å². The summed E-state index contributed by atoms with van der Waals surface area (Å²) >= 11 is 1.73. The summed E-state index contributed by atoms with van der Waals surface area (Å²) in [5.74, 6) is 0.261. The molecule has 2 aromatic rings. The fourth-order valence-corrected chi connectivity index (χ4v) is 4.20. The molecule has 0 unspecified atom stereocenters. The lowest BCUT2D eigenvalue weighted by molar-refractivity contribution is 0.311. The molecular weight excluding hydrogens is 373 g/mol. The van der Waals surface area contributed by atoms with Crippen LogP contribution in [0.3, 0.4) is 0 Å². The Morgan fingerprint density at radius 3 is 2.46 bits per heavy atom. The number of nitrogens with zero attached hydrogens (tertiary/aromatic N) is 1. The predicted octanol–water partition coefficient (Wildman–Crippen LogP) is 4.55. The largest absolute Gasteiger partial charge is 0.395 e. The van der Waals surface area contributed by atoms with Crippen LogP contribution < -0.4 is 11.1 Å². The lowest BCUT2D eigenvalue weighted by Gasteiger charge is -2.17. The van der Waals surface area contributed by atoms with Gasteiger partial charge in [-0.25, -0.2) is 9.38 Å². The quantitative estimate of drug-likeness (QED) is 0.427. The Bertz CT molecular complexity index is 843. The smallest absolute Gasteiger partial charge is 0.130 e. The standard InChI is InChI=1S/C22H26FN3OS/c1-2-3-20(22(12-13-22)28-19-10-6-17(23)7-11-19)26-21(24)16-4-8-18(9-5-16)25-14-15-27/h3-11,25,27H,2,12-15H2,1H3,(H2,24,26)/b20-3-. The number of anilines is 1. The molecule has 1 aliphatic carbocycles. The number of thioether (sulfide) groups is 1. The first-order valence-corrected chi connectivity index (χ1v) is 10.3. The minimum absolute atomic E-state index is 0.0823. The third kappa shape index (κ3) is 5.14. The second kappa shape index (κ2) is 9.26. The maximum absolute atomic E-state index is 13.2. The van der Waals surface area contributed by atoms with Crippen molar-refractivity contribution in [2.45, 2.75) is 35.8 Å². The Balaban J connectivity index is 1.78. The van der Waals surface area contributed by atoms with Gasteiger partial charge in [-0.3, -0.25) is 0 Å². The molecule has 1 saturated carbocycles. The van der Waals surface area contributed by atoms with Crippen LogP contribution in [-0.4, -0.2) is 28.8 Å². The number of aliphatic imine (C=N–C) groups is 1. The van der Waals surface area contributed by atoms with Gasteiger partial charge in [0.05, 0.1) is 17.1 Å². The van der Waals surface area contributed by atoms with Crippen molar-refractivity contribution in [2.75, 3.05) is 18.5 Å². The van der Waals surface area contributed by atoms with Crippen molar-refractivity contribution in [1.29, 1.82) is 0 Å². The van der Waals surface area contributed by atoms with Crippen LogP contribution in [0, 0.1) is 5.82 Å². The number of aliphatic hydroxyl groups excluding tert-OH is 1. The molecule has 0 saturated heterocycles. The van der Waals surface area contributed by atoms with E-state index in [1.807, 2.05) is 36.4 Å². The second-order valence-corrected chi connectivity index (χ2v) is 8.23. The average Bonchev–Trinajstić information content (AvgIpc) is 3.49.